The van der Waals surface area contributed by atoms with E-state index in [1.54, 1.807) is 0 Å². The topological polar surface area (TPSA) is 55.8 Å². The molecule has 0 bridgehead atoms. The van der Waals surface area contributed by atoms with Gasteiger partial charge in [-0.2, -0.15) is 0 Å². The van der Waals surface area contributed by atoms with Crippen molar-refractivity contribution in [1.29, 1.82) is 0 Å². The zero-order chi connectivity index (χ0) is 21.2. The molecule has 0 saturated carbocycles. The Balaban J connectivity index is 1.48. The highest BCUT2D eigenvalue weighted by molar-refractivity contribution is 5.72. The average Bonchev–Trinajstić information content (AvgIpc) is 2.77. The van der Waals surface area contributed by atoms with Gasteiger partial charge in [-0.05, 0) is 47.4 Å². The van der Waals surface area contributed by atoms with Crippen molar-refractivity contribution in [1.82, 2.24) is 0 Å². The van der Waals surface area contributed by atoms with Crippen molar-refractivity contribution in [2.75, 3.05) is 13.7 Å². The maximum Gasteiger partial charge on any atom is 0.333 e. The fourth-order valence-electron chi connectivity index (χ4n) is 3.00. The van der Waals surface area contributed by atoms with Crippen LogP contribution in [0.3, 0.4) is 0 Å². The molecule has 3 rings (SSSR count). The second kappa shape index (κ2) is 10.8. The summed E-state index contributed by atoms with van der Waals surface area (Å²) in [4.78, 5) is 11.0. The molecular weight excluding hydrogens is 376 g/mol. The Labute approximate surface area is 177 Å². The molecule has 1 atom stereocenters. The highest BCUT2D eigenvalue weighted by atomic mass is 16.5. The van der Waals surface area contributed by atoms with Gasteiger partial charge in [-0.3, -0.25) is 0 Å². The Bertz CT molecular complexity index is 997. The minimum atomic E-state index is -0.966. The smallest absolute Gasteiger partial charge is 0.333 e. The number of carboxylic acid groups (broad SMARTS) is 1. The molecule has 4 nitrogen and oxygen atoms in total. The van der Waals surface area contributed by atoms with Gasteiger partial charge < -0.3 is 14.6 Å². The van der Waals surface area contributed by atoms with Crippen molar-refractivity contribution in [3.05, 3.63) is 101 Å². The number of hydrogen-bond acceptors (Lipinski definition) is 3. The van der Waals surface area contributed by atoms with Crippen molar-refractivity contribution in [3.8, 4) is 17.6 Å². The summed E-state index contributed by atoms with van der Waals surface area (Å²) in [6.45, 7) is 0.296. The minimum Gasteiger partial charge on any atom is -0.481 e. The van der Waals surface area contributed by atoms with Crippen LogP contribution in [0.1, 0.15) is 22.3 Å². The van der Waals surface area contributed by atoms with Gasteiger partial charge in [0, 0.05) is 19.1 Å². The number of carbonyl (C=O) groups is 1. The van der Waals surface area contributed by atoms with Gasteiger partial charge in [0.25, 0.3) is 0 Å². The predicted octanol–water partition coefficient (Wildman–Crippen LogP) is 4.35. The maximum atomic E-state index is 11.0. The lowest BCUT2D eigenvalue weighted by Gasteiger charge is -2.10. The van der Waals surface area contributed by atoms with Crippen molar-refractivity contribution in [2.24, 2.45) is 0 Å². The lowest BCUT2D eigenvalue weighted by Crippen LogP contribution is -2.24. The molecule has 0 spiro atoms. The second-order valence-electron chi connectivity index (χ2n) is 6.86. The molecule has 0 aliphatic carbocycles. The van der Waals surface area contributed by atoms with Crippen LogP contribution < -0.4 is 4.74 Å². The van der Waals surface area contributed by atoms with E-state index in [2.05, 4.69) is 36.1 Å². The average molecular weight is 400 g/mol. The summed E-state index contributed by atoms with van der Waals surface area (Å²) in [7, 11) is 1.40. The molecule has 3 aromatic rings. The largest absolute Gasteiger partial charge is 0.481 e. The summed E-state index contributed by atoms with van der Waals surface area (Å²) in [5, 5.41) is 9.05. The molecule has 30 heavy (non-hydrogen) atoms. The molecule has 0 aromatic heterocycles. The number of rotatable bonds is 8. The summed E-state index contributed by atoms with van der Waals surface area (Å²) >= 11 is 0. The number of hydrogen-bond donors (Lipinski definition) is 1. The van der Waals surface area contributed by atoms with E-state index in [0.717, 1.165) is 23.3 Å². The first-order valence-corrected chi connectivity index (χ1v) is 9.73. The SMILES string of the molecule is CO[C@@H](Cc1ccc(C#CCOc2ccc(Cc3ccccc3)cc2)cc1)C(=O)O. The number of carboxylic acids is 1. The lowest BCUT2D eigenvalue weighted by molar-refractivity contribution is -0.148. The van der Waals surface area contributed by atoms with E-state index in [-0.39, 0.29) is 0 Å². The fourth-order valence-corrected chi connectivity index (χ4v) is 3.00. The second-order valence-corrected chi connectivity index (χ2v) is 6.86. The van der Waals surface area contributed by atoms with Gasteiger partial charge >= 0.3 is 5.97 Å². The summed E-state index contributed by atoms with van der Waals surface area (Å²) in [5.74, 6) is 5.88. The third-order valence-electron chi connectivity index (χ3n) is 4.65. The van der Waals surface area contributed by atoms with Crippen LogP contribution in [0, 0.1) is 11.8 Å². The number of aliphatic carboxylic acids is 1. The van der Waals surface area contributed by atoms with Crippen LogP contribution in [0.5, 0.6) is 5.75 Å². The Hall–Kier alpha value is -3.55. The molecule has 0 fully saturated rings. The molecule has 0 amide bonds. The Morgan fingerprint density at radius 2 is 1.53 bits per heavy atom. The van der Waals surface area contributed by atoms with Gasteiger partial charge in [0.2, 0.25) is 0 Å². The van der Waals surface area contributed by atoms with Crippen LogP contribution in [0.2, 0.25) is 0 Å². The van der Waals surface area contributed by atoms with Gasteiger partial charge in [-0.15, -0.1) is 0 Å². The molecule has 0 unspecified atom stereocenters. The van der Waals surface area contributed by atoms with Crippen molar-refractivity contribution in [2.45, 2.75) is 18.9 Å². The molecular formula is C26H24O4. The molecule has 4 heteroatoms. The molecule has 0 radical (unpaired) electrons. The first-order valence-electron chi connectivity index (χ1n) is 9.73. The number of methoxy groups -OCH3 is 1. The summed E-state index contributed by atoms with van der Waals surface area (Å²) in [5.41, 5.74) is 4.26. The third kappa shape index (κ3) is 6.51. The highest BCUT2D eigenvalue weighted by Gasteiger charge is 2.16. The van der Waals surface area contributed by atoms with E-state index in [1.807, 2.05) is 54.6 Å². The molecule has 0 saturated heterocycles. The van der Waals surface area contributed by atoms with E-state index in [4.69, 9.17) is 14.6 Å². The van der Waals surface area contributed by atoms with Crippen molar-refractivity contribution < 1.29 is 19.4 Å². The van der Waals surface area contributed by atoms with E-state index < -0.39 is 12.1 Å². The molecule has 152 valence electrons. The first-order chi connectivity index (χ1) is 14.6. The standard InChI is InChI=1S/C26H24O4/c1-29-25(26(27)28)19-23-11-9-20(10-12-23)8-5-17-30-24-15-13-22(14-16-24)18-21-6-3-2-4-7-21/h2-4,6-7,9-16,25H,17-19H2,1H3,(H,27,28)/t25-/m0/s1. The first kappa shape index (κ1) is 21.2. The number of benzene rings is 3. The zero-order valence-corrected chi connectivity index (χ0v) is 16.9. The molecule has 0 aliphatic heterocycles. The minimum absolute atomic E-state index is 0.296. The predicted molar refractivity (Wildman–Crippen MR) is 117 cm³/mol. The van der Waals surface area contributed by atoms with Crippen molar-refractivity contribution in [3.63, 3.8) is 0 Å². The van der Waals surface area contributed by atoms with Gasteiger partial charge in [-0.1, -0.05) is 66.4 Å². The van der Waals surface area contributed by atoms with Gasteiger partial charge in [0.15, 0.2) is 6.10 Å². The summed E-state index contributed by atoms with van der Waals surface area (Å²) in [6, 6.07) is 25.9. The molecule has 1 N–H and O–H groups in total. The highest BCUT2D eigenvalue weighted by Crippen LogP contribution is 2.15. The number of ether oxygens (including phenoxy) is 2. The van der Waals surface area contributed by atoms with Crippen LogP contribution in [0.4, 0.5) is 0 Å². The van der Waals surface area contributed by atoms with Crippen LogP contribution in [0.15, 0.2) is 78.9 Å². The molecule has 3 aromatic carbocycles. The molecule has 0 aliphatic rings. The molecule has 0 heterocycles. The van der Waals surface area contributed by atoms with E-state index in [0.29, 0.717) is 13.0 Å². The zero-order valence-electron chi connectivity index (χ0n) is 16.9. The van der Waals surface area contributed by atoms with Crippen LogP contribution in [-0.4, -0.2) is 30.9 Å². The van der Waals surface area contributed by atoms with Crippen molar-refractivity contribution >= 4 is 5.97 Å². The summed E-state index contributed by atoms with van der Waals surface area (Å²) < 4.78 is 10.7. The Kier molecular flexibility index (Phi) is 7.65. The lowest BCUT2D eigenvalue weighted by atomic mass is 10.1. The maximum absolute atomic E-state index is 11.0. The van der Waals surface area contributed by atoms with Gasteiger partial charge in [0.05, 0.1) is 0 Å². The van der Waals surface area contributed by atoms with E-state index in [1.165, 1.54) is 18.2 Å². The Morgan fingerprint density at radius 1 is 0.900 bits per heavy atom. The monoisotopic (exact) mass is 400 g/mol. The fraction of sp³-hybridized carbons (Fsp3) is 0.192. The van der Waals surface area contributed by atoms with Gasteiger partial charge in [0.1, 0.15) is 12.4 Å². The Morgan fingerprint density at radius 3 is 2.17 bits per heavy atom. The van der Waals surface area contributed by atoms with Crippen LogP contribution in [0.25, 0.3) is 0 Å². The van der Waals surface area contributed by atoms with Gasteiger partial charge in [-0.25, -0.2) is 4.79 Å². The normalized spacial score (nSPS) is 11.2. The van der Waals surface area contributed by atoms with E-state index in [9.17, 15) is 4.79 Å². The van der Waals surface area contributed by atoms with Crippen LogP contribution >= 0.6 is 0 Å². The quantitative estimate of drug-likeness (QED) is 0.571. The van der Waals surface area contributed by atoms with E-state index >= 15 is 0 Å². The van der Waals surface area contributed by atoms with Crippen LogP contribution in [-0.2, 0) is 22.4 Å². The third-order valence-corrected chi connectivity index (χ3v) is 4.65. The summed E-state index contributed by atoms with van der Waals surface area (Å²) in [6.07, 6.45) is 0.381.